The minimum atomic E-state index is -3.85. The largest absolute Gasteiger partial charge is 0.419 e. The molecule has 1 N–H and O–H groups in total. The van der Waals surface area contributed by atoms with Crippen molar-refractivity contribution in [3.05, 3.63) is 53.0 Å². The van der Waals surface area contributed by atoms with Gasteiger partial charge in [-0.05, 0) is 42.8 Å². The van der Waals surface area contributed by atoms with Crippen molar-refractivity contribution in [1.29, 1.82) is 0 Å². The Bertz CT molecular complexity index is 1190. The first-order chi connectivity index (χ1) is 12.8. The van der Waals surface area contributed by atoms with Crippen molar-refractivity contribution in [3.8, 4) is 0 Å². The van der Waals surface area contributed by atoms with Crippen LogP contribution in [0.3, 0.4) is 0 Å². The lowest BCUT2D eigenvalue weighted by Gasteiger charge is -2.16. The Morgan fingerprint density at radius 1 is 1.07 bits per heavy atom. The van der Waals surface area contributed by atoms with E-state index >= 15 is 0 Å². The number of oxazole rings is 1. The molecular weight excluding hydrogens is 370 g/mol. The normalized spacial score (nSPS) is 14.9. The summed E-state index contributed by atoms with van der Waals surface area (Å²) in [6.45, 7) is 0.673. The van der Waals surface area contributed by atoms with Crippen LogP contribution in [0, 0.1) is 0 Å². The molecule has 8 nitrogen and oxygen atoms in total. The van der Waals surface area contributed by atoms with E-state index in [1.54, 1.807) is 36.2 Å². The van der Waals surface area contributed by atoms with Crippen LogP contribution in [-0.4, -0.2) is 25.4 Å². The molecule has 1 aliphatic rings. The summed E-state index contributed by atoms with van der Waals surface area (Å²) in [6.07, 6.45) is 1.36. The zero-order valence-corrected chi connectivity index (χ0v) is 15.3. The fourth-order valence-electron chi connectivity index (χ4n) is 3.13. The highest BCUT2D eigenvalue weighted by Gasteiger charge is 2.22. The van der Waals surface area contributed by atoms with Crippen LogP contribution in [0.4, 0.5) is 11.4 Å². The maximum absolute atomic E-state index is 12.6. The Kier molecular flexibility index (Phi) is 4.03. The van der Waals surface area contributed by atoms with Gasteiger partial charge in [-0.1, -0.05) is 0 Å². The molecule has 1 aromatic heterocycles. The molecule has 0 bridgehead atoms. The van der Waals surface area contributed by atoms with Crippen molar-refractivity contribution in [2.24, 2.45) is 7.05 Å². The Balaban J connectivity index is 1.59. The fourth-order valence-corrected chi connectivity index (χ4v) is 4.20. The number of carbonyl (C=O) groups is 1. The minimum Gasteiger partial charge on any atom is -0.408 e. The van der Waals surface area contributed by atoms with E-state index in [0.717, 1.165) is 12.1 Å². The number of fused-ring (bicyclic) bond motifs is 1. The lowest BCUT2D eigenvalue weighted by Crippen LogP contribution is -2.23. The van der Waals surface area contributed by atoms with Gasteiger partial charge in [0.15, 0.2) is 5.58 Å². The predicted octanol–water partition coefficient (Wildman–Crippen LogP) is 2.06. The summed E-state index contributed by atoms with van der Waals surface area (Å²) in [5.74, 6) is -0.486. The monoisotopic (exact) mass is 387 g/mol. The first-order valence-electron chi connectivity index (χ1n) is 8.38. The van der Waals surface area contributed by atoms with Crippen LogP contribution in [-0.2, 0) is 21.9 Å². The Morgan fingerprint density at radius 3 is 2.48 bits per heavy atom. The summed E-state index contributed by atoms with van der Waals surface area (Å²) >= 11 is 0. The van der Waals surface area contributed by atoms with E-state index in [2.05, 4.69) is 4.72 Å². The van der Waals surface area contributed by atoms with Gasteiger partial charge >= 0.3 is 5.76 Å². The molecule has 9 heteroatoms. The number of aromatic nitrogens is 1. The van der Waals surface area contributed by atoms with Crippen LogP contribution in [0.25, 0.3) is 11.1 Å². The molecule has 4 rings (SSSR count). The summed E-state index contributed by atoms with van der Waals surface area (Å²) in [4.78, 5) is 25.0. The van der Waals surface area contributed by atoms with Crippen LogP contribution in [0.2, 0.25) is 0 Å². The number of hydrogen-bond acceptors (Lipinski definition) is 5. The van der Waals surface area contributed by atoms with E-state index in [0.29, 0.717) is 24.2 Å². The summed E-state index contributed by atoms with van der Waals surface area (Å²) in [5.41, 5.74) is 1.83. The number of nitrogens with one attached hydrogen (secondary N) is 1. The molecule has 0 aliphatic carbocycles. The molecule has 0 saturated carbocycles. The molecule has 2 aromatic carbocycles. The molecule has 1 amide bonds. The molecule has 0 spiro atoms. The number of sulfonamides is 1. The van der Waals surface area contributed by atoms with Crippen molar-refractivity contribution in [1.82, 2.24) is 4.57 Å². The number of benzene rings is 2. The van der Waals surface area contributed by atoms with Gasteiger partial charge in [0.2, 0.25) is 5.91 Å². The Morgan fingerprint density at radius 2 is 1.81 bits per heavy atom. The molecule has 140 valence electrons. The van der Waals surface area contributed by atoms with Gasteiger partial charge in [-0.15, -0.1) is 0 Å². The smallest absolute Gasteiger partial charge is 0.408 e. The molecule has 1 saturated heterocycles. The molecule has 1 fully saturated rings. The van der Waals surface area contributed by atoms with Crippen LogP contribution >= 0.6 is 0 Å². The number of aryl methyl sites for hydroxylation is 1. The molecule has 3 aromatic rings. The van der Waals surface area contributed by atoms with Gasteiger partial charge in [0, 0.05) is 37.5 Å². The van der Waals surface area contributed by atoms with Gasteiger partial charge in [0.25, 0.3) is 10.0 Å². The van der Waals surface area contributed by atoms with Crippen molar-refractivity contribution in [3.63, 3.8) is 0 Å². The predicted molar refractivity (Wildman–Crippen MR) is 100 cm³/mol. The highest BCUT2D eigenvalue weighted by Crippen LogP contribution is 2.25. The molecule has 2 heterocycles. The van der Waals surface area contributed by atoms with Crippen molar-refractivity contribution in [2.45, 2.75) is 17.7 Å². The second-order valence-corrected chi connectivity index (χ2v) is 8.04. The van der Waals surface area contributed by atoms with E-state index in [4.69, 9.17) is 4.42 Å². The number of carbonyl (C=O) groups excluding carboxylic acids is 1. The minimum absolute atomic E-state index is 0.0110. The maximum Gasteiger partial charge on any atom is 0.419 e. The maximum atomic E-state index is 12.6. The second kappa shape index (κ2) is 6.27. The highest BCUT2D eigenvalue weighted by atomic mass is 32.2. The van der Waals surface area contributed by atoms with Crippen LogP contribution in [0.15, 0.2) is 56.6 Å². The molecule has 0 atom stereocenters. The third kappa shape index (κ3) is 3.10. The van der Waals surface area contributed by atoms with Crippen molar-refractivity contribution < 1.29 is 17.6 Å². The van der Waals surface area contributed by atoms with E-state index < -0.39 is 15.8 Å². The van der Waals surface area contributed by atoms with Crippen molar-refractivity contribution in [2.75, 3.05) is 16.2 Å². The molecule has 0 radical (unpaired) electrons. The van der Waals surface area contributed by atoms with Gasteiger partial charge in [-0.2, -0.15) is 0 Å². The summed E-state index contributed by atoms with van der Waals surface area (Å²) in [6, 6.07) is 10.9. The van der Waals surface area contributed by atoms with E-state index in [9.17, 15) is 18.0 Å². The topological polar surface area (TPSA) is 102 Å². The summed E-state index contributed by atoms with van der Waals surface area (Å²) in [7, 11) is -2.30. The fraction of sp³-hybridized carbons (Fsp3) is 0.222. The zero-order valence-electron chi connectivity index (χ0n) is 14.5. The zero-order chi connectivity index (χ0) is 19.2. The van der Waals surface area contributed by atoms with Crippen LogP contribution < -0.4 is 15.4 Å². The highest BCUT2D eigenvalue weighted by molar-refractivity contribution is 7.92. The quantitative estimate of drug-likeness (QED) is 0.738. The average molecular weight is 387 g/mol. The third-order valence-corrected chi connectivity index (χ3v) is 5.96. The van der Waals surface area contributed by atoms with E-state index in [1.165, 1.54) is 22.8 Å². The lowest BCUT2D eigenvalue weighted by molar-refractivity contribution is -0.117. The molecule has 1 aliphatic heterocycles. The van der Waals surface area contributed by atoms with Crippen LogP contribution in [0.1, 0.15) is 12.8 Å². The second-order valence-electron chi connectivity index (χ2n) is 6.36. The van der Waals surface area contributed by atoms with Gasteiger partial charge < -0.3 is 9.32 Å². The first kappa shape index (κ1) is 17.3. The average Bonchev–Trinajstić information content (AvgIpc) is 3.18. The van der Waals surface area contributed by atoms with Crippen LogP contribution in [0.5, 0.6) is 0 Å². The third-order valence-electron chi connectivity index (χ3n) is 4.58. The van der Waals surface area contributed by atoms with Crippen molar-refractivity contribution >= 4 is 38.4 Å². The molecule has 0 unspecified atom stereocenters. The van der Waals surface area contributed by atoms with Gasteiger partial charge in [0.05, 0.1) is 10.4 Å². The number of hydrogen-bond donors (Lipinski definition) is 1. The number of nitrogens with zero attached hydrogens (tertiary/aromatic N) is 2. The van der Waals surface area contributed by atoms with Gasteiger partial charge in [-0.3, -0.25) is 14.1 Å². The first-order valence-corrected chi connectivity index (χ1v) is 9.86. The molecule has 27 heavy (non-hydrogen) atoms. The standard InChI is InChI=1S/C18H17N3O5S/c1-20-15-9-8-14(11-16(15)26-18(20)23)27(24,25)19-12-4-6-13(7-5-12)21-10-2-3-17(21)22/h4-9,11,19H,2-3,10H2,1H3. The summed E-state index contributed by atoms with van der Waals surface area (Å²) < 4.78 is 34.1. The Hall–Kier alpha value is -3.07. The SMILES string of the molecule is Cn1c(=O)oc2cc(S(=O)(=O)Nc3ccc(N4CCCC4=O)cc3)ccc21. The van der Waals surface area contributed by atoms with Gasteiger partial charge in [-0.25, -0.2) is 13.2 Å². The van der Waals surface area contributed by atoms with E-state index in [-0.39, 0.29) is 16.4 Å². The number of anilines is 2. The number of rotatable bonds is 4. The van der Waals surface area contributed by atoms with Gasteiger partial charge in [0.1, 0.15) is 0 Å². The summed E-state index contributed by atoms with van der Waals surface area (Å²) in [5, 5.41) is 0. The number of amides is 1. The Labute approximate surface area is 155 Å². The lowest BCUT2D eigenvalue weighted by atomic mass is 10.2. The van der Waals surface area contributed by atoms with E-state index in [1.807, 2.05) is 0 Å². The molecular formula is C18H17N3O5S.